The molecule has 0 aliphatic rings. The second kappa shape index (κ2) is 3.21. The Hall–Kier alpha value is -0.830. The molecule has 0 bridgehead atoms. The maximum atomic E-state index is 9.98. The predicted octanol–water partition coefficient (Wildman–Crippen LogP) is -0.625. The first-order valence-corrected chi connectivity index (χ1v) is 2.36. The third kappa shape index (κ3) is 5.17. The summed E-state index contributed by atoms with van der Waals surface area (Å²) < 4.78 is 0. The van der Waals surface area contributed by atoms with Crippen LogP contribution < -0.4 is 11.5 Å². The molecule has 0 aliphatic carbocycles. The monoisotopic (exact) mass is 114 g/mol. The van der Waals surface area contributed by atoms with Gasteiger partial charge in [0.25, 0.3) is 0 Å². The van der Waals surface area contributed by atoms with Crippen LogP contribution in [0, 0.1) is 0 Å². The average Bonchev–Trinajstić information content (AvgIpc) is 1.61. The standard InChI is InChI=1S/C5H10N2O/c1-4(6)2-3-5(7)8/h2-4H,6H2,1H3,(H2,7,8). The van der Waals surface area contributed by atoms with E-state index in [-0.39, 0.29) is 6.04 Å². The number of rotatable bonds is 2. The zero-order chi connectivity index (χ0) is 6.57. The lowest BCUT2D eigenvalue weighted by Gasteiger charge is -1.89. The molecule has 1 atom stereocenters. The summed E-state index contributed by atoms with van der Waals surface area (Å²) in [5.41, 5.74) is 10.0. The zero-order valence-corrected chi connectivity index (χ0v) is 4.79. The van der Waals surface area contributed by atoms with Crippen LogP contribution >= 0.6 is 0 Å². The quantitative estimate of drug-likeness (QED) is 0.469. The molecule has 8 heavy (non-hydrogen) atoms. The third-order valence-corrected chi connectivity index (χ3v) is 0.564. The molecule has 0 aliphatic heterocycles. The van der Waals surface area contributed by atoms with Gasteiger partial charge in [-0.2, -0.15) is 0 Å². The van der Waals surface area contributed by atoms with Gasteiger partial charge in [-0.3, -0.25) is 4.79 Å². The van der Waals surface area contributed by atoms with Crippen molar-refractivity contribution in [1.82, 2.24) is 0 Å². The van der Waals surface area contributed by atoms with Gasteiger partial charge in [-0.05, 0) is 6.92 Å². The Balaban J connectivity index is 3.50. The summed E-state index contributed by atoms with van der Waals surface area (Å²) in [6.07, 6.45) is 2.80. The molecule has 0 aromatic heterocycles. The highest BCUT2D eigenvalue weighted by Crippen LogP contribution is 1.75. The SMILES string of the molecule is CC(N)C=CC(N)=O. The van der Waals surface area contributed by atoms with Gasteiger partial charge in [0, 0.05) is 12.1 Å². The van der Waals surface area contributed by atoms with Crippen LogP contribution in [0.15, 0.2) is 12.2 Å². The van der Waals surface area contributed by atoms with E-state index >= 15 is 0 Å². The van der Waals surface area contributed by atoms with Crippen molar-refractivity contribution in [1.29, 1.82) is 0 Å². The summed E-state index contributed by atoms with van der Waals surface area (Å²) in [4.78, 5) is 9.98. The molecule has 0 aromatic carbocycles. The van der Waals surface area contributed by atoms with E-state index in [1.54, 1.807) is 13.0 Å². The van der Waals surface area contributed by atoms with Gasteiger partial charge < -0.3 is 11.5 Å². The van der Waals surface area contributed by atoms with Crippen molar-refractivity contribution < 1.29 is 4.79 Å². The number of hydrogen-bond donors (Lipinski definition) is 2. The summed E-state index contributed by atoms with van der Waals surface area (Å²) in [5, 5.41) is 0. The van der Waals surface area contributed by atoms with Crippen molar-refractivity contribution >= 4 is 5.91 Å². The van der Waals surface area contributed by atoms with Crippen LogP contribution in [0.5, 0.6) is 0 Å². The minimum atomic E-state index is -0.456. The molecule has 4 N–H and O–H groups in total. The summed E-state index contributed by atoms with van der Waals surface area (Å²) in [5.74, 6) is -0.456. The molecule has 3 nitrogen and oxygen atoms in total. The average molecular weight is 114 g/mol. The molecule has 1 unspecified atom stereocenters. The fraction of sp³-hybridized carbons (Fsp3) is 0.400. The Bertz CT molecular complexity index is 107. The van der Waals surface area contributed by atoms with Crippen LogP contribution in [0.4, 0.5) is 0 Å². The molecule has 3 heteroatoms. The Morgan fingerprint density at radius 3 is 2.38 bits per heavy atom. The van der Waals surface area contributed by atoms with Crippen molar-refractivity contribution in [2.24, 2.45) is 11.5 Å². The van der Waals surface area contributed by atoms with Gasteiger partial charge in [-0.15, -0.1) is 0 Å². The molecular weight excluding hydrogens is 104 g/mol. The lowest BCUT2D eigenvalue weighted by molar-refractivity contribution is -0.113. The first-order valence-electron chi connectivity index (χ1n) is 2.36. The summed E-state index contributed by atoms with van der Waals surface area (Å²) in [6.45, 7) is 1.76. The minimum absolute atomic E-state index is 0.0949. The molecular formula is C5H10N2O. The van der Waals surface area contributed by atoms with Gasteiger partial charge in [0.15, 0.2) is 0 Å². The van der Waals surface area contributed by atoms with E-state index in [1.165, 1.54) is 6.08 Å². The van der Waals surface area contributed by atoms with Gasteiger partial charge in [0.05, 0.1) is 0 Å². The smallest absolute Gasteiger partial charge is 0.241 e. The lowest BCUT2D eigenvalue weighted by atomic mass is 10.3. The number of carbonyl (C=O) groups excluding carboxylic acids is 1. The number of hydrogen-bond acceptors (Lipinski definition) is 2. The molecule has 0 fully saturated rings. The molecule has 0 rings (SSSR count). The molecule has 0 radical (unpaired) electrons. The molecule has 0 saturated heterocycles. The van der Waals surface area contributed by atoms with Crippen LogP contribution in [-0.2, 0) is 4.79 Å². The van der Waals surface area contributed by atoms with Crippen molar-refractivity contribution in [3.05, 3.63) is 12.2 Å². The van der Waals surface area contributed by atoms with E-state index in [1.807, 2.05) is 0 Å². The summed E-state index contributed by atoms with van der Waals surface area (Å²) >= 11 is 0. The van der Waals surface area contributed by atoms with Crippen molar-refractivity contribution in [3.63, 3.8) is 0 Å². The number of primary amides is 1. The highest BCUT2D eigenvalue weighted by atomic mass is 16.1. The molecule has 0 aromatic rings. The normalized spacial score (nSPS) is 14.2. The van der Waals surface area contributed by atoms with Crippen molar-refractivity contribution in [2.45, 2.75) is 13.0 Å². The van der Waals surface area contributed by atoms with E-state index in [4.69, 9.17) is 11.5 Å². The second-order valence-electron chi connectivity index (χ2n) is 1.62. The predicted molar refractivity (Wildman–Crippen MR) is 32.0 cm³/mol. The van der Waals surface area contributed by atoms with Crippen LogP contribution in [0.25, 0.3) is 0 Å². The highest BCUT2D eigenvalue weighted by Gasteiger charge is 1.84. The second-order valence-corrected chi connectivity index (χ2v) is 1.62. The number of amides is 1. The zero-order valence-electron chi connectivity index (χ0n) is 4.79. The Kier molecular flexibility index (Phi) is 2.88. The molecule has 0 heterocycles. The van der Waals surface area contributed by atoms with E-state index in [9.17, 15) is 4.79 Å². The van der Waals surface area contributed by atoms with Crippen LogP contribution in [0.3, 0.4) is 0 Å². The maximum Gasteiger partial charge on any atom is 0.241 e. The van der Waals surface area contributed by atoms with Crippen molar-refractivity contribution in [2.75, 3.05) is 0 Å². The topological polar surface area (TPSA) is 69.1 Å². The van der Waals surface area contributed by atoms with Gasteiger partial charge in [-0.25, -0.2) is 0 Å². The number of carbonyl (C=O) groups is 1. The van der Waals surface area contributed by atoms with E-state index in [0.717, 1.165) is 0 Å². The van der Waals surface area contributed by atoms with Crippen LogP contribution in [0.1, 0.15) is 6.92 Å². The van der Waals surface area contributed by atoms with E-state index in [0.29, 0.717) is 0 Å². The van der Waals surface area contributed by atoms with E-state index < -0.39 is 5.91 Å². The first kappa shape index (κ1) is 7.17. The van der Waals surface area contributed by atoms with Gasteiger partial charge in [0.2, 0.25) is 5.91 Å². The van der Waals surface area contributed by atoms with Crippen LogP contribution in [-0.4, -0.2) is 11.9 Å². The Morgan fingerprint density at radius 2 is 2.25 bits per heavy atom. The largest absolute Gasteiger partial charge is 0.366 e. The van der Waals surface area contributed by atoms with Gasteiger partial charge in [-0.1, -0.05) is 6.08 Å². The molecule has 0 spiro atoms. The van der Waals surface area contributed by atoms with Crippen molar-refractivity contribution in [3.8, 4) is 0 Å². The van der Waals surface area contributed by atoms with E-state index in [2.05, 4.69) is 0 Å². The highest BCUT2D eigenvalue weighted by molar-refractivity contribution is 5.85. The maximum absolute atomic E-state index is 9.98. The Labute approximate surface area is 48.4 Å². The molecule has 1 amide bonds. The lowest BCUT2D eigenvalue weighted by Crippen LogP contribution is -2.13. The van der Waals surface area contributed by atoms with Gasteiger partial charge in [0.1, 0.15) is 0 Å². The van der Waals surface area contributed by atoms with Crippen LogP contribution in [0.2, 0.25) is 0 Å². The van der Waals surface area contributed by atoms with Gasteiger partial charge >= 0.3 is 0 Å². The Morgan fingerprint density at radius 1 is 1.75 bits per heavy atom. The first-order chi connectivity index (χ1) is 3.63. The summed E-state index contributed by atoms with van der Waals surface area (Å²) in [6, 6.07) is -0.0949. The fourth-order valence-corrected chi connectivity index (χ4v) is 0.247. The fourth-order valence-electron chi connectivity index (χ4n) is 0.247. The molecule has 46 valence electrons. The third-order valence-electron chi connectivity index (χ3n) is 0.564. The minimum Gasteiger partial charge on any atom is -0.366 e. The number of nitrogens with two attached hydrogens (primary N) is 2. The molecule has 0 saturated carbocycles. The summed E-state index contributed by atoms with van der Waals surface area (Å²) in [7, 11) is 0.